The van der Waals surface area contributed by atoms with Gasteiger partial charge in [-0.15, -0.1) is 0 Å². The topological polar surface area (TPSA) is 77.5 Å². The van der Waals surface area contributed by atoms with Crippen molar-refractivity contribution in [3.63, 3.8) is 0 Å². The predicted molar refractivity (Wildman–Crippen MR) is 150 cm³/mol. The molecule has 3 aromatic rings. The Balaban J connectivity index is 1.19. The van der Waals surface area contributed by atoms with Gasteiger partial charge in [-0.2, -0.15) is 0 Å². The van der Waals surface area contributed by atoms with E-state index in [0.29, 0.717) is 31.3 Å². The van der Waals surface area contributed by atoms with Crippen LogP contribution in [0.1, 0.15) is 41.0 Å². The van der Waals surface area contributed by atoms with Gasteiger partial charge >= 0.3 is 5.97 Å². The Morgan fingerprint density at radius 3 is 2.56 bits per heavy atom. The van der Waals surface area contributed by atoms with Crippen molar-refractivity contribution in [2.45, 2.75) is 39.2 Å². The second-order valence-corrected chi connectivity index (χ2v) is 10.4. The number of hydrogen-bond acceptors (Lipinski definition) is 6. The molecule has 0 spiro atoms. The smallest absolute Gasteiger partial charge is 0.304 e. The minimum atomic E-state index is -0.816. The Bertz CT molecular complexity index is 1280. The summed E-state index contributed by atoms with van der Waals surface area (Å²) >= 11 is 0. The van der Waals surface area contributed by atoms with E-state index >= 15 is 0 Å². The van der Waals surface area contributed by atoms with Gasteiger partial charge < -0.3 is 24.1 Å². The van der Waals surface area contributed by atoms with Gasteiger partial charge in [-0.05, 0) is 72.4 Å². The number of carboxylic acid groups (broad SMARTS) is 1. The van der Waals surface area contributed by atoms with Crippen molar-refractivity contribution in [2.75, 3.05) is 46.1 Å². The molecule has 1 saturated heterocycles. The number of nitrogens with zero attached hydrogens (tertiary/aromatic N) is 1. The molecule has 0 amide bonds. The quantitative estimate of drug-likeness (QED) is 0.323. The molecule has 1 atom stereocenters. The first-order valence-corrected chi connectivity index (χ1v) is 13.7. The van der Waals surface area contributed by atoms with Crippen molar-refractivity contribution in [3.05, 3.63) is 76.9 Å². The summed E-state index contributed by atoms with van der Waals surface area (Å²) in [5.74, 6) is 1.41. The van der Waals surface area contributed by atoms with Crippen LogP contribution in [-0.2, 0) is 16.1 Å². The lowest BCUT2D eigenvalue weighted by Crippen LogP contribution is -2.37. The lowest BCUT2D eigenvalue weighted by atomic mass is 9.94. The van der Waals surface area contributed by atoms with E-state index in [-0.39, 0.29) is 12.3 Å². The minimum Gasteiger partial charge on any atom is -0.494 e. The lowest BCUT2D eigenvalue weighted by molar-refractivity contribution is -0.137. The second-order valence-electron chi connectivity index (χ2n) is 10.4. The van der Waals surface area contributed by atoms with Gasteiger partial charge in [-0.3, -0.25) is 9.69 Å². The van der Waals surface area contributed by atoms with Crippen LogP contribution in [0.3, 0.4) is 0 Å². The van der Waals surface area contributed by atoms with E-state index in [4.69, 9.17) is 24.1 Å². The third-order valence-corrected chi connectivity index (χ3v) is 7.40. The highest BCUT2D eigenvalue weighted by molar-refractivity contribution is 5.72. The van der Waals surface area contributed by atoms with Gasteiger partial charge in [0.2, 0.25) is 0 Å². The van der Waals surface area contributed by atoms with Crippen LogP contribution in [0, 0.1) is 13.8 Å². The van der Waals surface area contributed by atoms with Crippen LogP contribution in [0.15, 0.2) is 54.6 Å². The highest BCUT2D eigenvalue weighted by Gasteiger charge is 2.26. The molecule has 2 aliphatic heterocycles. The van der Waals surface area contributed by atoms with E-state index in [1.54, 1.807) is 0 Å². The van der Waals surface area contributed by atoms with Crippen molar-refractivity contribution < 1.29 is 28.8 Å². The first-order valence-electron chi connectivity index (χ1n) is 13.7. The van der Waals surface area contributed by atoms with Crippen molar-refractivity contribution in [1.82, 2.24) is 4.90 Å². The largest absolute Gasteiger partial charge is 0.494 e. The standard InChI is InChI=1S/C32H37NO6/c1-22-15-28(37-12-4-9-33-10-13-36-14-11-33)16-23(2)32(22)25-6-3-5-24(17-25)20-38-27-7-8-29-26(18-31(34)35)21-39-30(29)19-27/h3,5-8,15-17,19,26H,4,9-14,18,20-21H2,1-2H3,(H,34,35)/t26-/m1/s1. The Kier molecular flexibility index (Phi) is 8.69. The van der Waals surface area contributed by atoms with E-state index in [1.807, 2.05) is 18.2 Å². The molecule has 7 nitrogen and oxygen atoms in total. The van der Waals surface area contributed by atoms with Crippen molar-refractivity contribution in [1.29, 1.82) is 0 Å². The highest BCUT2D eigenvalue weighted by Crippen LogP contribution is 2.38. The summed E-state index contributed by atoms with van der Waals surface area (Å²) in [5.41, 5.74) is 6.74. The number of benzene rings is 3. The zero-order valence-corrected chi connectivity index (χ0v) is 22.8. The molecule has 0 aromatic heterocycles. The summed E-state index contributed by atoms with van der Waals surface area (Å²) in [7, 11) is 0. The van der Waals surface area contributed by atoms with Crippen LogP contribution in [-0.4, -0.2) is 62.0 Å². The van der Waals surface area contributed by atoms with Gasteiger partial charge in [0.1, 0.15) is 23.9 Å². The number of aliphatic carboxylic acids is 1. The van der Waals surface area contributed by atoms with Gasteiger partial charge in [-0.25, -0.2) is 0 Å². The molecule has 0 saturated carbocycles. The van der Waals surface area contributed by atoms with Gasteiger partial charge in [0.15, 0.2) is 0 Å². The Labute approximate surface area is 230 Å². The molecular weight excluding hydrogens is 494 g/mol. The third kappa shape index (κ3) is 6.91. The van der Waals surface area contributed by atoms with Crippen LogP contribution >= 0.6 is 0 Å². The van der Waals surface area contributed by atoms with Crippen molar-refractivity contribution in [2.24, 2.45) is 0 Å². The van der Waals surface area contributed by atoms with Crippen LogP contribution in [0.25, 0.3) is 11.1 Å². The van der Waals surface area contributed by atoms with Gasteiger partial charge in [0, 0.05) is 37.2 Å². The first-order chi connectivity index (χ1) is 19.0. The summed E-state index contributed by atoms with van der Waals surface area (Å²) < 4.78 is 23.3. The first kappa shape index (κ1) is 27.0. The average Bonchev–Trinajstić information content (AvgIpc) is 3.31. The number of carbonyl (C=O) groups is 1. The monoisotopic (exact) mass is 531 g/mol. The molecule has 206 valence electrons. The molecule has 0 aliphatic carbocycles. The molecule has 0 unspecified atom stereocenters. The highest BCUT2D eigenvalue weighted by atomic mass is 16.5. The Hall–Kier alpha value is -3.55. The van der Waals surface area contributed by atoms with Crippen molar-refractivity contribution in [3.8, 4) is 28.4 Å². The summed E-state index contributed by atoms with van der Waals surface area (Å²) in [6.07, 6.45) is 1.07. The fourth-order valence-corrected chi connectivity index (χ4v) is 5.48. The average molecular weight is 532 g/mol. The number of aryl methyl sites for hydroxylation is 2. The molecule has 39 heavy (non-hydrogen) atoms. The summed E-state index contributed by atoms with van der Waals surface area (Å²) in [6, 6.07) is 18.3. The zero-order valence-electron chi connectivity index (χ0n) is 22.8. The van der Waals surface area contributed by atoms with Crippen LogP contribution < -0.4 is 14.2 Å². The number of carboxylic acids is 1. The van der Waals surface area contributed by atoms with Gasteiger partial charge in [-0.1, -0.05) is 24.3 Å². The van der Waals surface area contributed by atoms with E-state index in [9.17, 15) is 4.79 Å². The van der Waals surface area contributed by atoms with Gasteiger partial charge in [0.05, 0.1) is 32.8 Å². The van der Waals surface area contributed by atoms with Crippen LogP contribution in [0.5, 0.6) is 17.2 Å². The number of fused-ring (bicyclic) bond motifs is 1. The molecule has 1 N–H and O–H groups in total. The number of ether oxygens (including phenoxy) is 4. The van der Waals surface area contributed by atoms with Crippen LogP contribution in [0.2, 0.25) is 0 Å². The number of morpholine rings is 1. The zero-order chi connectivity index (χ0) is 27.2. The molecule has 0 bridgehead atoms. The van der Waals surface area contributed by atoms with E-state index in [1.165, 1.54) is 16.7 Å². The maximum atomic E-state index is 11.1. The minimum absolute atomic E-state index is 0.0703. The van der Waals surface area contributed by atoms with E-state index < -0.39 is 5.97 Å². The molecule has 5 rings (SSSR count). The van der Waals surface area contributed by atoms with Gasteiger partial charge in [0.25, 0.3) is 0 Å². The maximum absolute atomic E-state index is 11.1. The Morgan fingerprint density at radius 1 is 1.00 bits per heavy atom. The molecule has 7 heteroatoms. The molecule has 3 aromatic carbocycles. The van der Waals surface area contributed by atoms with Crippen LogP contribution in [0.4, 0.5) is 0 Å². The molecule has 1 fully saturated rings. The second kappa shape index (κ2) is 12.5. The van der Waals surface area contributed by atoms with E-state index in [0.717, 1.165) is 61.7 Å². The number of rotatable bonds is 11. The van der Waals surface area contributed by atoms with Crippen molar-refractivity contribution >= 4 is 5.97 Å². The fourth-order valence-electron chi connectivity index (χ4n) is 5.48. The Morgan fingerprint density at radius 2 is 1.79 bits per heavy atom. The summed E-state index contributed by atoms with van der Waals surface area (Å²) in [6.45, 7) is 10.5. The third-order valence-electron chi connectivity index (χ3n) is 7.40. The summed E-state index contributed by atoms with van der Waals surface area (Å²) in [5, 5.41) is 9.11. The molecule has 2 aliphatic rings. The molecule has 2 heterocycles. The van der Waals surface area contributed by atoms with E-state index in [2.05, 4.69) is 55.1 Å². The molecular formula is C32H37NO6. The SMILES string of the molecule is Cc1cc(OCCCN2CCOCC2)cc(C)c1-c1cccc(COc2ccc3c(c2)OC[C@H]3CC(=O)O)c1. The predicted octanol–water partition coefficient (Wildman–Crippen LogP) is 5.60. The maximum Gasteiger partial charge on any atom is 0.304 e. The lowest BCUT2D eigenvalue weighted by Gasteiger charge is -2.26. The fraction of sp³-hybridized carbons (Fsp3) is 0.406. The normalized spacial score (nSPS) is 16.9. The number of hydrogen-bond donors (Lipinski definition) is 1. The summed E-state index contributed by atoms with van der Waals surface area (Å²) in [4.78, 5) is 13.5. The molecule has 0 radical (unpaired) electrons.